The van der Waals surface area contributed by atoms with Crippen molar-refractivity contribution in [2.45, 2.75) is 6.42 Å². The molecule has 4 N–H and O–H groups in total. The van der Waals surface area contributed by atoms with Gasteiger partial charge in [0.15, 0.2) is 0 Å². The summed E-state index contributed by atoms with van der Waals surface area (Å²) in [5.74, 6) is -1.66. The molecule has 2 aromatic heterocycles. The minimum absolute atomic E-state index is 0.00813. The molecule has 6 nitrogen and oxygen atoms in total. The Bertz CT molecular complexity index is 1150. The fourth-order valence-electron chi connectivity index (χ4n) is 3.21. The summed E-state index contributed by atoms with van der Waals surface area (Å²) >= 11 is 0. The minimum Gasteiger partial charge on any atom is -0.394 e. The van der Waals surface area contributed by atoms with Crippen molar-refractivity contribution in [2.75, 3.05) is 7.05 Å². The number of allylic oxidation sites excluding steroid dienone is 5. The van der Waals surface area contributed by atoms with E-state index in [0.29, 0.717) is 27.8 Å². The van der Waals surface area contributed by atoms with Crippen LogP contribution in [-0.2, 0) is 0 Å². The van der Waals surface area contributed by atoms with E-state index in [1.807, 2.05) is 6.08 Å². The molecule has 0 fully saturated rings. The van der Waals surface area contributed by atoms with Crippen molar-refractivity contribution in [3.05, 3.63) is 65.0 Å². The molecule has 26 heavy (non-hydrogen) atoms. The van der Waals surface area contributed by atoms with Gasteiger partial charge in [0.1, 0.15) is 22.8 Å². The van der Waals surface area contributed by atoms with Crippen LogP contribution >= 0.6 is 0 Å². The van der Waals surface area contributed by atoms with Crippen LogP contribution in [0.4, 0.5) is 8.78 Å². The number of nitrogens with zero attached hydrogens (tertiary/aromatic N) is 2. The Morgan fingerprint density at radius 2 is 2.19 bits per heavy atom. The van der Waals surface area contributed by atoms with Gasteiger partial charge in [0.2, 0.25) is 0 Å². The summed E-state index contributed by atoms with van der Waals surface area (Å²) in [6.45, 7) is 0. The van der Waals surface area contributed by atoms with Crippen LogP contribution in [0.3, 0.4) is 0 Å². The Morgan fingerprint density at radius 1 is 1.38 bits per heavy atom. The summed E-state index contributed by atoms with van der Waals surface area (Å²) in [6.07, 6.45) is 6.87. The molecule has 0 saturated heterocycles. The first-order valence-electron chi connectivity index (χ1n) is 7.91. The molecule has 1 amide bonds. The van der Waals surface area contributed by atoms with Crippen LogP contribution in [-0.4, -0.2) is 27.6 Å². The van der Waals surface area contributed by atoms with E-state index in [-0.39, 0.29) is 17.8 Å². The van der Waals surface area contributed by atoms with E-state index >= 15 is 0 Å². The lowest BCUT2D eigenvalue weighted by molar-refractivity contribution is 0.100. The average molecular weight is 355 g/mol. The maximum Gasteiger partial charge on any atom is 0.251 e. The Balaban J connectivity index is 1.93. The van der Waals surface area contributed by atoms with Crippen LogP contribution in [0.25, 0.3) is 22.3 Å². The zero-order chi connectivity index (χ0) is 18.4. The van der Waals surface area contributed by atoms with Crippen molar-refractivity contribution >= 4 is 28.2 Å². The van der Waals surface area contributed by atoms with Crippen LogP contribution in [0.5, 0.6) is 0 Å². The Morgan fingerprint density at radius 3 is 2.88 bits per heavy atom. The highest BCUT2D eigenvalue weighted by molar-refractivity contribution is 6.05. The minimum atomic E-state index is -0.766. The molecule has 2 heterocycles. The number of carbonyl (C=O) groups is 1. The number of nitrogens with two attached hydrogens (primary N) is 1. The Hall–Kier alpha value is -3.42. The first-order chi connectivity index (χ1) is 12.5. The number of hydrogen-bond acceptors (Lipinski definition) is 3. The van der Waals surface area contributed by atoms with Crippen molar-refractivity contribution in [3.63, 3.8) is 0 Å². The molecular formula is C18H15F2N5O. The smallest absolute Gasteiger partial charge is 0.251 e. The lowest BCUT2D eigenvalue weighted by Gasteiger charge is -2.11. The fraction of sp³-hybridized carbons (Fsp3) is 0.111. The van der Waals surface area contributed by atoms with Gasteiger partial charge in [-0.3, -0.25) is 4.79 Å². The van der Waals surface area contributed by atoms with Crippen LogP contribution in [0.2, 0.25) is 0 Å². The summed E-state index contributed by atoms with van der Waals surface area (Å²) in [5.41, 5.74) is 8.27. The van der Waals surface area contributed by atoms with Gasteiger partial charge in [-0.15, -0.1) is 0 Å². The number of halogens is 2. The van der Waals surface area contributed by atoms with Crippen molar-refractivity contribution in [1.82, 2.24) is 19.9 Å². The second-order valence-electron chi connectivity index (χ2n) is 5.99. The molecule has 3 aromatic rings. The van der Waals surface area contributed by atoms with Crippen molar-refractivity contribution in [3.8, 4) is 0 Å². The van der Waals surface area contributed by atoms with Crippen molar-refractivity contribution in [2.24, 2.45) is 5.73 Å². The third-order valence-electron chi connectivity index (χ3n) is 4.31. The van der Waals surface area contributed by atoms with Gasteiger partial charge in [-0.1, -0.05) is 12.2 Å². The maximum atomic E-state index is 14.6. The number of primary amides is 1. The highest BCUT2D eigenvalue weighted by atomic mass is 19.1. The topological polar surface area (TPSA) is 88.2 Å². The van der Waals surface area contributed by atoms with Crippen LogP contribution in [0, 0.1) is 5.82 Å². The van der Waals surface area contributed by atoms with Gasteiger partial charge in [0.05, 0.1) is 17.3 Å². The summed E-state index contributed by atoms with van der Waals surface area (Å²) in [6, 6.07) is 2.31. The number of benzene rings is 1. The summed E-state index contributed by atoms with van der Waals surface area (Å²) in [4.78, 5) is 14.7. The van der Waals surface area contributed by atoms with E-state index < -0.39 is 11.7 Å². The van der Waals surface area contributed by atoms with E-state index in [0.717, 1.165) is 11.6 Å². The number of aromatic nitrogens is 3. The molecule has 0 atom stereocenters. The number of hydrogen-bond donors (Lipinski definition) is 3. The molecule has 0 radical (unpaired) electrons. The fourth-order valence-corrected chi connectivity index (χ4v) is 3.21. The highest BCUT2D eigenvalue weighted by Gasteiger charge is 2.21. The maximum absolute atomic E-state index is 14.6. The Kier molecular flexibility index (Phi) is 3.61. The molecule has 1 aromatic carbocycles. The normalized spacial score (nSPS) is 16.2. The SMILES string of the molecule is CNC=C1C=CC(c2cnn3c2[nH]c2cc(F)cc(C(N)=O)c23)=C(F)C1. The molecule has 0 aliphatic heterocycles. The van der Waals surface area contributed by atoms with Gasteiger partial charge in [0.25, 0.3) is 5.91 Å². The molecule has 4 rings (SSSR count). The number of fused-ring (bicyclic) bond motifs is 3. The second kappa shape index (κ2) is 5.83. The van der Waals surface area contributed by atoms with E-state index in [4.69, 9.17) is 5.73 Å². The number of carbonyl (C=O) groups excluding carboxylic acids is 1. The quantitative estimate of drug-likeness (QED) is 0.675. The number of amides is 1. The predicted octanol–water partition coefficient (Wildman–Crippen LogP) is 2.80. The lowest BCUT2D eigenvalue weighted by atomic mass is 9.98. The zero-order valence-corrected chi connectivity index (χ0v) is 13.8. The zero-order valence-electron chi connectivity index (χ0n) is 13.8. The first-order valence-corrected chi connectivity index (χ1v) is 7.91. The molecule has 0 spiro atoms. The highest BCUT2D eigenvalue weighted by Crippen LogP contribution is 2.34. The van der Waals surface area contributed by atoms with Crippen LogP contribution in [0.1, 0.15) is 22.3 Å². The van der Waals surface area contributed by atoms with Crippen molar-refractivity contribution < 1.29 is 13.6 Å². The van der Waals surface area contributed by atoms with E-state index in [1.54, 1.807) is 19.3 Å². The average Bonchev–Trinajstić information content (AvgIpc) is 3.13. The second-order valence-corrected chi connectivity index (χ2v) is 5.99. The summed E-state index contributed by atoms with van der Waals surface area (Å²) in [5, 5.41) is 7.11. The van der Waals surface area contributed by atoms with Gasteiger partial charge in [-0.25, -0.2) is 13.3 Å². The number of imidazole rings is 1. The summed E-state index contributed by atoms with van der Waals surface area (Å²) in [7, 11) is 1.75. The van der Waals surface area contributed by atoms with Gasteiger partial charge in [0, 0.05) is 24.6 Å². The summed E-state index contributed by atoms with van der Waals surface area (Å²) < 4.78 is 29.8. The predicted molar refractivity (Wildman–Crippen MR) is 94.5 cm³/mol. The van der Waals surface area contributed by atoms with Crippen molar-refractivity contribution in [1.29, 1.82) is 0 Å². The third-order valence-corrected chi connectivity index (χ3v) is 4.31. The van der Waals surface area contributed by atoms with Gasteiger partial charge in [-0.2, -0.15) is 5.10 Å². The van der Waals surface area contributed by atoms with Crippen LogP contribution < -0.4 is 11.1 Å². The van der Waals surface area contributed by atoms with E-state index in [2.05, 4.69) is 15.4 Å². The molecule has 8 heteroatoms. The number of H-pyrrole nitrogens is 1. The van der Waals surface area contributed by atoms with Gasteiger partial charge < -0.3 is 16.0 Å². The van der Waals surface area contributed by atoms with Crippen LogP contribution in [0.15, 0.2) is 48.1 Å². The monoisotopic (exact) mass is 355 g/mol. The molecule has 0 saturated carbocycles. The van der Waals surface area contributed by atoms with E-state index in [1.165, 1.54) is 16.8 Å². The number of aromatic amines is 1. The molecule has 0 bridgehead atoms. The number of nitrogens with one attached hydrogen (secondary N) is 2. The van der Waals surface area contributed by atoms with E-state index in [9.17, 15) is 13.6 Å². The molecule has 1 aliphatic rings. The largest absolute Gasteiger partial charge is 0.394 e. The first kappa shape index (κ1) is 16.1. The molecule has 1 aliphatic carbocycles. The standard InChI is InChI=1S/C18H15F2N5O/c1-22-7-9-2-3-11(14(20)4-9)13-8-23-25-16-12(17(21)26)5-10(19)6-15(16)24-18(13)25/h2-3,5-8,22,24H,4H2,1H3,(H2,21,26). The molecule has 132 valence electrons. The lowest BCUT2D eigenvalue weighted by Crippen LogP contribution is -2.12. The van der Waals surface area contributed by atoms with Gasteiger partial charge >= 0.3 is 0 Å². The molecule has 0 unspecified atom stereocenters. The third kappa shape index (κ3) is 2.38. The number of rotatable bonds is 3. The molecular weight excluding hydrogens is 340 g/mol. The van der Waals surface area contributed by atoms with Gasteiger partial charge in [-0.05, 0) is 23.9 Å². The Labute approximate surface area is 146 Å².